The molecule has 0 spiro atoms. The Hall–Kier alpha value is -2.42. The Morgan fingerprint density at radius 1 is 1.36 bits per heavy atom. The Morgan fingerprint density at radius 2 is 2.04 bits per heavy atom. The summed E-state index contributed by atoms with van der Waals surface area (Å²) >= 11 is 0. The van der Waals surface area contributed by atoms with Gasteiger partial charge in [0.2, 0.25) is 0 Å². The molecule has 1 saturated heterocycles. The van der Waals surface area contributed by atoms with E-state index in [0.717, 1.165) is 0 Å². The summed E-state index contributed by atoms with van der Waals surface area (Å²) in [6.45, 7) is 4.34. The molecule has 1 heterocycles. The molecule has 1 aliphatic rings. The highest BCUT2D eigenvalue weighted by molar-refractivity contribution is 7.83. The zero-order chi connectivity index (χ0) is 18.6. The number of hydrogen-bond acceptors (Lipinski definition) is 6. The molecular formula is C16H22N3O5S-. The standard InChI is InChI=1S/C16H22N3O5S/c1-10(2)17-16(21)24-12-8-19(9-12)15(20)13-6-5-11(18-25(4)22)7-14(13)23-3/h5-7,10,12H,4,8-9H2,1-3H3,(H,17,21)(H,18,22)/q-1. The van der Waals surface area contributed by atoms with Gasteiger partial charge in [-0.3, -0.25) is 4.79 Å². The molecule has 25 heavy (non-hydrogen) atoms. The minimum atomic E-state index is -1.46. The summed E-state index contributed by atoms with van der Waals surface area (Å²) in [5.41, 5.74) is 0.921. The van der Waals surface area contributed by atoms with Crippen molar-refractivity contribution in [1.82, 2.24) is 10.2 Å². The number of nitrogens with zero attached hydrogens (tertiary/aromatic N) is 1. The van der Waals surface area contributed by atoms with Gasteiger partial charge in [-0.15, -0.1) is 0 Å². The lowest BCUT2D eigenvalue weighted by Crippen LogP contribution is -2.56. The molecule has 0 aromatic heterocycles. The molecule has 1 aromatic rings. The molecule has 1 aromatic carbocycles. The minimum Gasteiger partial charge on any atom is -0.496 e. The van der Waals surface area contributed by atoms with Gasteiger partial charge < -0.3 is 28.6 Å². The maximum Gasteiger partial charge on any atom is 0.407 e. The molecule has 2 N–H and O–H groups in total. The van der Waals surface area contributed by atoms with Crippen LogP contribution in [0.1, 0.15) is 24.2 Å². The second-order valence-electron chi connectivity index (χ2n) is 5.90. The van der Waals surface area contributed by atoms with Crippen molar-refractivity contribution in [3.63, 3.8) is 0 Å². The molecule has 0 bridgehead atoms. The van der Waals surface area contributed by atoms with E-state index in [2.05, 4.69) is 15.9 Å². The van der Waals surface area contributed by atoms with Crippen molar-refractivity contribution in [3.8, 4) is 5.75 Å². The van der Waals surface area contributed by atoms with Gasteiger partial charge in [0.1, 0.15) is 11.9 Å². The third-order valence-corrected chi connectivity index (χ3v) is 3.94. The predicted molar refractivity (Wildman–Crippen MR) is 96.2 cm³/mol. The van der Waals surface area contributed by atoms with E-state index in [9.17, 15) is 13.8 Å². The first-order valence-electron chi connectivity index (χ1n) is 7.72. The Bertz CT molecular complexity index is 718. The third-order valence-electron chi connectivity index (χ3n) is 3.48. The van der Waals surface area contributed by atoms with Crippen LogP contribution in [0.15, 0.2) is 18.2 Å². The summed E-state index contributed by atoms with van der Waals surface area (Å²) in [5, 5.41) is 2.64. The minimum absolute atomic E-state index is 0.00523. The maximum atomic E-state index is 12.5. The third kappa shape index (κ3) is 5.02. The fourth-order valence-electron chi connectivity index (χ4n) is 2.33. The van der Waals surface area contributed by atoms with Gasteiger partial charge >= 0.3 is 6.09 Å². The quantitative estimate of drug-likeness (QED) is 0.584. The molecule has 2 rings (SSSR count). The van der Waals surface area contributed by atoms with Gasteiger partial charge in [-0.1, -0.05) is 0 Å². The van der Waals surface area contributed by atoms with Crippen LogP contribution < -0.4 is 14.8 Å². The van der Waals surface area contributed by atoms with E-state index in [-0.39, 0.29) is 18.1 Å². The second-order valence-corrected chi connectivity index (χ2v) is 6.79. The summed E-state index contributed by atoms with van der Waals surface area (Å²) in [7, 11) is -0.0100. The second kappa shape index (κ2) is 8.11. The Balaban J connectivity index is 1.97. The van der Waals surface area contributed by atoms with E-state index in [1.807, 2.05) is 13.8 Å². The zero-order valence-corrected chi connectivity index (χ0v) is 15.2. The molecular weight excluding hydrogens is 346 g/mol. The van der Waals surface area contributed by atoms with Gasteiger partial charge in [0.25, 0.3) is 5.91 Å². The zero-order valence-electron chi connectivity index (χ0n) is 14.4. The van der Waals surface area contributed by atoms with Crippen molar-refractivity contribution in [1.29, 1.82) is 0 Å². The molecule has 0 radical (unpaired) electrons. The number of hydrogen-bond donors (Lipinski definition) is 2. The van der Waals surface area contributed by atoms with Crippen LogP contribution in [0.25, 0.3) is 0 Å². The van der Waals surface area contributed by atoms with Crippen molar-refractivity contribution in [3.05, 3.63) is 23.8 Å². The lowest BCUT2D eigenvalue weighted by Gasteiger charge is -2.38. The van der Waals surface area contributed by atoms with E-state index in [4.69, 9.17) is 9.47 Å². The van der Waals surface area contributed by atoms with E-state index >= 15 is 0 Å². The van der Waals surface area contributed by atoms with Crippen molar-refractivity contribution >= 4 is 34.1 Å². The Kier molecular flexibility index (Phi) is 6.13. The fraction of sp³-hybridized carbons (Fsp3) is 0.438. The number of anilines is 1. The number of carbonyl (C=O) groups excluding carboxylic acids is 2. The molecule has 8 nitrogen and oxygen atoms in total. The molecule has 1 aliphatic heterocycles. The van der Waals surface area contributed by atoms with Gasteiger partial charge in [0.15, 0.2) is 0 Å². The van der Waals surface area contributed by atoms with Gasteiger partial charge in [-0.25, -0.2) is 4.79 Å². The van der Waals surface area contributed by atoms with E-state index in [1.165, 1.54) is 7.11 Å². The summed E-state index contributed by atoms with van der Waals surface area (Å²) in [6.07, 6.45) is -0.801. The molecule has 2 amide bonds. The average Bonchev–Trinajstić information content (AvgIpc) is 2.48. The molecule has 0 saturated carbocycles. The van der Waals surface area contributed by atoms with Gasteiger partial charge in [0.05, 0.1) is 25.8 Å². The van der Waals surface area contributed by atoms with Gasteiger partial charge in [-0.2, -0.15) is 16.4 Å². The Morgan fingerprint density at radius 3 is 2.60 bits per heavy atom. The number of alkyl carbamates (subject to hydrolysis) is 1. The van der Waals surface area contributed by atoms with E-state index in [1.54, 1.807) is 23.1 Å². The number of amides is 2. The highest BCUT2D eigenvalue weighted by atomic mass is 32.2. The van der Waals surface area contributed by atoms with Crippen LogP contribution in [0.3, 0.4) is 0 Å². The average molecular weight is 368 g/mol. The number of methoxy groups -OCH3 is 1. The van der Waals surface area contributed by atoms with Gasteiger partial charge in [0, 0.05) is 17.8 Å². The topological polar surface area (TPSA) is 97.0 Å². The molecule has 0 unspecified atom stereocenters. The largest absolute Gasteiger partial charge is 0.496 e. The predicted octanol–water partition coefficient (Wildman–Crippen LogP) is 1.38. The lowest BCUT2D eigenvalue weighted by molar-refractivity contribution is -0.00715. The smallest absolute Gasteiger partial charge is 0.407 e. The van der Waals surface area contributed by atoms with Crippen molar-refractivity contribution < 1.29 is 23.3 Å². The number of benzene rings is 1. The first-order chi connectivity index (χ1) is 11.8. The number of carbonyl (C=O) groups is 2. The van der Waals surface area contributed by atoms with Crippen molar-refractivity contribution in [2.75, 3.05) is 24.9 Å². The monoisotopic (exact) mass is 368 g/mol. The molecule has 0 atom stereocenters. The first kappa shape index (κ1) is 18.9. The SMILES string of the molecule is C=[S-](=O)Nc1ccc(C(=O)N2CC(OC(=O)NC(C)C)C2)c(OC)c1. The number of nitrogens with one attached hydrogen (secondary N) is 2. The lowest BCUT2D eigenvalue weighted by atomic mass is 10.1. The van der Waals surface area contributed by atoms with Crippen LogP contribution in [0.5, 0.6) is 5.75 Å². The normalized spacial score (nSPS) is 14.2. The van der Waals surface area contributed by atoms with Crippen LogP contribution >= 0.6 is 0 Å². The molecule has 0 aliphatic carbocycles. The van der Waals surface area contributed by atoms with Gasteiger partial charge in [-0.05, 0) is 26.0 Å². The van der Waals surface area contributed by atoms with Crippen LogP contribution in [-0.2, 0) is 19.5 Å². The highest BCUT2D eigenvalue weighted by Gasteiger charge is 2.35. The van der Waals surface area contributed by atoms with E-state index in [0.29, 0.717) is 30.1 Å². The number of likely N-dealkylation sites (tertiary alicyclic amines) is 1. The summed E-state index contributed by atoms with van der Waals surface area (Å²) in [5.74, 6) is 3.49. The molecule has 1 fully saturated rings. The Labute approximate surface area is 148 Å². The van der Waals surface area contributed by atoms with Crippen molar-refractivity contribution in [2.24, 2.45) is 0 Å². The fourth-order valence-corrected chi connectivity index (χ4v) is 2.72. The summed E-state index contributed by atoms with van der Waals surface area (Å²) in [6, 6.07) is 4.80. The number of ether oxygens (including phenoxy) is 2. The molecule has 9 heteroatoms. The number of rotatable bonds is 6. The maximum absolute atomic E-state index is 12.5. The van der Waals surface area contributed by atoms with Crippen LogP contribution in [0, 0.1) is 0 Å². The van der Waals surface area contributed by atoms with Crippen molar-refractivity contribution in [2.45, 2.75) is 26.0 Å². The van der Waals surface area contributed by atoms with Crippen LogP contribution in [0.4, 0.5) is 10.5 Å². The van der Waals surface area contributed by atoms with Crippen LogP contribution in [-0.4, -0.2) is 55.1 Å². The molecule has 138 valence electrons. The highest BCUT2D eigenvalue weighted by Crippen LogP contribution is 2.26. The van der Waals surface area contributed by atoms with Crippen LogP contribution in [0.2, 0.25) is 0 Å². The summed E-state index contributed by atoms with van der Waals surface area (Å²) < 4.78 is 24.2. The first-order valence-corrected chi connectivity index (χ1v) is 9.04. The summed E-state index contributed by atoms with van der Waals surface area (Å²) in [4.78, 5) is 25.6. The van der Waals surface area contributed by atoms with E-state index < -0.39 is 16.7 Å².